The highest BCUT2D eigenvalue weighted by Gasteiger charge is 2.41. The number of morpholine rings is 1. The summed E-state index contributed by atoms with van der Waals surface area (Å²) in [7, 11) is 0. The number of hydrogen-bond acceptors (Lipinski definition) is 5. The second-order valence-corrected chi connectivity index (χ2v) is 9.48. The molecule has 2 amide bonds. The van der Waals surface area contributed by atoms with Crippen LogP contribution in [0.4, 0.5) is 8.78 Å². The van der Waals surface area contributed by atoms with E-state index in [-0.39, 0.29) is 41.7 Å². The minimum Gasteiger partial charge on any atom is -0.390 e. The number of nitrogens with zero attached hydrogens (tertiary/aromatic N) is 1. The summed E-state index contributed by atoms with van der Waals surface area (Å²) < 4.78 is 33.3. The molecule has 0 saturated carbocycles. The first-order valence-corrected chi connectivity index (χ1v) is 12.0. The molecule has 186 valence electrons. The highest BCUT2D eigenvalue weighted by Crippen LogP contribution is 2.32. The Balaban J connectivity index is 1.25. The van der Waals surface area contributed by atoms with Gasteiger partial charge in [-0.2, -0.15) is 0 Å². The average molecular weight is 486 g/mol. The molecule has 2 saturated heterocycles. The number of rotatable bonds is 6. The number of carbonyl (C=O) groups excluding carboxylic acids is 2. The van der Waals surface area contributed by atoms with Crippen LogP contribution in [0.15, 0.2) is 42.5 Å². The Kier molecular flexibility index (Phi) is 6.82. The fourth-order valence-corrected chi connectivity index (χ4v) is 5.38. The molecule has 0 aliphatic carbocycles. The van der Waals surface area contributed by atoms with Crippen molar-refractivity contribution >= 4 is 11.8 Å². The van der Waals surface area contributed by atoms with Crippen LogP contribution in [-0.4, -0.2) is 65.8 Å². The Morgan fingerprint density at radius 2 is 1.83 bits per heavy atom. The number of carbonyl (C=O) groups is 2. The van der Waals surface area contributed by atoms with Crippen molar-refractivity contribution in [3.05, 3.63) is 70.3 Å². The molecule has 3 N–H and O–H groups in total. The lowest BCUT2D eigenvalue weighted by Gasteiger charge is -2.34. The summed E-state index contributed by atoms with van der Waals surface area (Å²) in [6.45, 7) is 1.43. The minimum absolute atomic E-state index is 0.0407. The number of aliphatic hydroxyl groups is 1. The van der Waals surface area contributed by atoms with E-state index in [4.69, 9.17) is 4.74 Å². The molecule has 5 rings (SSSR count). The lowest BCUT2D eigenvalue weighted by atomic mass is 9.93. The molecule has 2 unspecified atom stereocenters. The van der Waals surface area contributed by atoms with Gasteiger partial charge in [-0.1, -0.05) is 24.3 Å². The van der Waals surface area contributed by atoms with E-state index in [1.807, 2.05) is 24.3 Å². The van der Waals surface area contributed by atoms with E-state index < -0.39 is 24.0 Å². The van der Waals surface area contributed by atoms with E-state index in [0.717, 1.165) is 24.5 Å². The zero-order valence-electron chi connectivity index (χ0n) is 19.3. The van der Waals surface area contributed by atoms with E-state index in [1.165, 1.54) is 17.7 Å². The maximum Gasteiger partial charge on any atom is 0.264 e. The van der Waals surface area contributed by atoms with Crippen LogP contribution in [-0.2, 0) is 17.7 Å². The molecule has 3 aliphatic rings. The summed E-state index contributed by atoms with van der Waals surface area (Å²) in [6.07, 6.45) is -1.54. The molecule has 3 aliphatic heterocycles. The minimum atomic E-state index is -2.92. The third-order valence-corrected chi connectivity index (χ3v) is 7.30. The van der Waals surface area contributed by atoms with Gasteiger partial charge in [0.2, 0.25) is 0 Å². The van der Waals surface area contributed by atoms with E-state index >= 15 is 0 Å². The van der Waals surface area contributed by atoms with Crippen molar-refractivity contribution in [2.45, 2.75) is 56.5 Å². The predicted molar refractivity (Wildman–Crippen MR) is 124 cm³/mol. The molecular formula is C26H29F2N3O4. The topological polar surface area (TPSA) is 90.9 Å². The van der Waals surface area contributed by atoms with Crippen LogP contribution in [0.2, 0.25) is 0 Å². The number of amides is 2. The molecule has 0 aromatic heterocycles. The molecule has 2 fully saturated rings. The van der Waals surface area contributed by atoms with Gasteiger partial charge in [-0.3, -0.25) is 9.59 Å². The van der Waals surface area contributed by atoms with Gasteiger partial charge < -0.3 is 25.4 Å². The van der Waals surface area contributed by atoms with Crippen LogP contribution in [0.25, 0.3) is 0 Å². The Hall–Kier alpha value is -2.88. The highest BCUT2D eigenvalue weighted by atomic mass is 19.3. The van der Waals surface area contributed by atoms with Gasteiger partial charge in [0, 0.05) is 35.8 Å². The third-order valence-electron chi connectivity index (χ3n) is 7.30. The van der Waals surface area contributed by atoms with Crippen LogP contribution in [0, 0.1) is 0 Å². The standard InChI is InChI=1S/C26H29F2N3O4/c27-24(28)21-9-16(26(34)31-18-6-7-19(31)14-35-13-18)5-8-20(21)25(33)30-12-23(32)22-10-15-3-1-2-4-17(15)11-29-22/h1-5,8-9,18-19,22-24,29,32H,6-7,10-14H2,(H,30,33)/t18?,19?,22-,23+/m0/s1. The number of nitrogens with one attached hydrogen (secondary N) is 2. The van der Waals surface area contributed by atoms with Crippen molar-refractivity contribution in [3.8, 4) is 0 Å². The number of ether oxygens (including phenoxy) is 1. The second-order valence-electron chi connectivity index (χ2n) is 9.48. The first kappa shape index (κ1) is 23.8. The van der Waals surface area contributed by atoms with E-state index in [9.17, 15) is 23.5 Å². The van der Waals surface area contributed by atoms with Crippen LogP contribution >= 0.6 is 0 Å². The number of aliphatic hydroxyl groups excluding tert-OH is 1. The Morgan fingerprint density at radius 1 is 1.11 bits per heavy atom. The van der Waals surface area contributed by atoms with Gasteiger partial charge in [-0.15, -0.1) is 0 Å². The van der Waals surface area contributed by atoms with Gasteiger partial charge in [0.25, 0.3) is 18.2 Å². The van der Waals surface area contributed by atoms with E-state index in [2.05, 4.69) is 10.6 Å². The summed E-state index contributed by atoms with van der Waals surface area (Å²) >= 11 is 0. The fraction of sp³-hybridized carbons (Fsp3) is 0.462. The van der Waals surface area contributed by atoms with Gasteiger partial charge in [-0.05, 0) is 48.6 Å². The fourth-order valence-electron chi connectivity index (χ4n) is 5.38. The summed E-state index contributed by atoms with van der Waals surface area (Å²) in [4.78, 5) is 27.6. The lowest BCUT2D eigenvalue weighted by molar-refractivity contribution is -0.00717. The molecule has 2 bridgehead atoms. The third kappa shape index (κ3) is 4.80. The maximum atomic E-state index is 13.9. The normalized spacial score (nSPS) is 24.2. The van der Waals surface area contributed by atoms with Crippen LogP contribution in [0.5, 0.6) is 0 Å². The molecule has 35 heavy (non-hydrogen) atoms. The molecule has 4 atom stereocenters. The molecule has 2 aromatic carbocycles. The molecular weight excluding hydrogens is 456 g/mol. The average Bonchev–Trinajstić information content (AvgIpc) is 3.13. The molecule has 0 spiro atoms. The highest BCUT2D eigenvalue weighted by molar-refractivity contribution is 5.99. The molecule has 0 radical (unpaired) electrons. The van der Waals surface area contributed by atoms with Gasteiger partial charge in [0.05, 0.1) is 31.4 Å². The van der Waals surface area contributed by atoms with Crippen molar-refractivity contribution in [3.63, 3.8) is 0 Å². The smallest absolute Gasteiger partial charge is 0.264 e. The largest absolute Gasteiger partial charge is 0.390 e. The molecule has 7 nitrogen and oxygen atoms in total. The summed E-state index contributed by atoms with van der Waals surface area (Å²) in [5.74, 6) is -1.02. The second kappa shape index (κ2) is 10.0. The van der Waals surface area contributed by atoms with Gasteiger partial charge in [-0.25, -0.2) is 8.78 Å². The van der Waals surface area contributed by atoms with Gasteiger partial charge in [0.1, 0.15) is 0 Å². The van der Waals surface area contributed by atoms with E-state index in [1.54, 1.807) is 4.90 Å². The molecule has 3 heterocycles. The van der Waals surface area contributed by atoms with Gasteiger partial charge >= 0.3 is 0 Å². The Labute approximate surface area is 202 Å². The molecule has 9 heteroatoms. The number of benzene rings is 2. The monoisotopic (exact) mass is 485 g/mol. The number of halogens is 2. The summed E-state index contributed by atoms with van der Waals surface area (Å²) in [5.41, 5.74) is 1.75. The predicted octanol–water partition coefficient (Wildman–Crippen LogP) is 2.43. The quantitative estimate of drug-likeness (QED) is 0.585. The number of hydrogen-bond donors (Lipinski definition) is 3. The van der Waals surface area contributed by atoms with Crippen LogP contribution in [0.3, 0.4) is 0 Å². The Bertz CT molecular complexity index is 1100. The van der Waals surface area contributed by atoms with Crippen LogP contribution < -0.4 is 10.6 Å². The lowest BCUT2D eigenvalue weighted by Crippen LogP contribution is -2.49. The first-order chi connectivity index (χ1) is 16.9. The van der Waals surface area contributed by atoms with Crippen molar-refractivity contribution < 1.29 is 28.2 Å². The van der Waals surface area contributed by atoms with Gasteiger partial charge in [0.15, 0.2) is 0 Å². The van der Waals surface area contributed by atoms with Crippen molar-refractivity contribution in [1.82, 2.24) is 15.5 Å². The number of alkyl halides is 2. The SMILES string of the molecule is O=C(NC[C@@H](O)[C@@H]1Cc2ccccc2CN1)c1ccc(C(=O)N2C3CCC2COC3)cc1C(F)F. The van der Waals surface area contributed by atoms with E-state index in [0.29, 0.717) is 26.2 Å². The zero-order valence-corrected chi connectivity index (χ0v) is 19.3. The zero-order chi connectivity index (χ0) is 24.5. The summed E-state index contributed by atoms with van der Waals surface area (Å²) in [6, 6.07) is 11.4. The number of fused-ring (bicyclic) bond motifs is 3. The molecule has 2 aromatic rings. The van der Waals surface area contributed by atoms with Crippen molar-refractivity contribution in [1.29, 1.82) is 0 Å². The summed E-state index contributed by atoms with van der Waals surface area (Å²) in [5, 5.41) is 16.4. The van der Waals surface area contributed by atoms with Crippen molar-refractivity contribution in [2.75, 3.05) is 19.8 Å². The Morgan fingerprint density at radius 3 is 2.54 bits per heavy atom. The maximum absolute atomic E-state index is 13.9. The first-order valence-electron chi connectivity index (χ1n) is 12.0. The van der Waals surface area contributed by atoms with Crippen molar-refractivity contribution in [2.24, 2.45) is 0 Å². The van der Waals surface area contributed by atoms with Crippen LogP contribution in [0.1, 0.15) is 56.7 Å².